The molecule has 0 saturated heterocycles. The highest BCUT2D eigenvalue weighted by atomic mass is 16.3. The molecule has 9 rings (SSSR count). The Morgan fingerprint density at radius 1 is 0.652 bits per heavy atom. The van der Waals surface area contributed by atoms with E-state index < -0.39 is 0 Å². The van der Waals surface area contributed by atoms with Gasteiger partial charge in [-0.2, -0.15) is 0 Å². The summed E-state index contributed by atoms with van der Waals surface area (Å²) in [5.74, 6) is 0. The van der Waals surface area contributed by atoms with Crippen LogP contribution in [0.25, 0.3) is 83.4 Å². The highest BCUT2D eigenvalue weighted by Crippen LogP contribution is 2.38. The summed E-state index contributed by atoms with van der Waals surface area (Å²) >= 11 is 0. The molecular weight excluding hydrogens is 560 g/mol. The van der Waals surface area contributed by atoms with Gasteiger partial charge in [0.05, 0.1) is 22.2 Å². The molecule has 0 atom stereocenters. The van der Waals surface area contributed by atoms with E-state index in [0.29, 0.717) is 0 Å². The zero-order chi connectivity index (χ0) is 30.8. The smallest absolute Gasteiger partial charge is 0.142 e. The number of nitrogens with zero attached hydrogens (tertiary/aromatic N) is 2. The second-order valence-corrected chi connectivity index (χ2v) is 11.7. The number of rotatable bonds is 4. The molecule has 3 heteroatoms. The molecule has 0 unspecified atom stereocenters. The summed E-state index contributed by atoms with van der Waals surface area (Å²) in [5.41, 5.74) is 10.4. The zero-order valence-corrected chi connectivity index (χ0v) is 25.1. The van der Waals surface area contributed by atoms with Crippen molar-refractivity contribution in [1.82, 2.24) is 9.55 Å². The molecule has 46 heavy (non-hydrogen) atoms. The summed E-state index contributed by atoms with van der Waals surface area (Å²) < 4.78 is 8.61. The normalized spacial score (nSPS) is 12.4. The van der Waals surface area contributed by atoms with Crippen LogP contribution in [0.2, 0.25) is 0 Å². The second-order valence-electron chi connectivity index (χ2n) is 11.7. The molecule has 0 aliphatic carbocycles. The molecule has 6 aromatic carbocycles. The molecule has 0 N–H and O–H groups in total. The number of benzene rings is 6. The molecule has 3 heterocycles. The molecular formula is C43H28N2O. The van der Waals surface area contributed by atoms with Crippen molar-refractivity contribution in [1.29, 1.82) is 0 Å². The lowest BCUT2D eigenvalue weighted by Gasteiger charge is -2.13. The molecule has 0 aliphatic rings. The molecule has 3 nitrogen and oxygen atoms in total. The summed E-state index contributed by atoms with van der Waals surface area (Å²) in [6.45, 7) is 8.41. The van der Waals surface area contributed by atoms with Gasteiger partial charge in [-0.25, -0.2) is 0 Å². The van der Waals surface area contributed by atoms with E-state index in [9.17, 15) is 0 Å². The summed E-state index contributed by atoms with van der Waals surface area (Å²) in [6, 6.07) is 47.1. The summed E-state index contributed by atoms with van der Waals surface area (Å²) in [4.78, 5) is 4.82. The van der Waals surface area contributed by atoms with Crippen molar-refractivity contribution in [2.45, 2.75) is 0 Å². The van der Waals surface area contributed by atoms with Crippen LogP contribution in [0.5, 0.6) is 0 Å². The van der Waals surface area contributed by atoms with E-state index in [4.69, 9.17) is 9.40 Å². The SMILES string of the molecule is C=C/C(c1ccc(-c2ccc3c(c2)c2ccccc2n3-c2cccc3ccc4cccnc4c23)cc1)=c1/oc2ccccc2c1=C. The van der Waals surface area contributed by atoms with Crippen molar-refractivity contribution in [2.24, 2.45) is 0 Å². The van der Waals surface area contributed by atoms with Crippen LogP contribution in [0, 0.1) is 0 Å². The van der Waals surface area contributed by atoms with Crippen LogP contribution in [0.4, 0.5) is 0 Å². The molecule has 216 valence electrons. The number of aromatic nitrogens is 2. The molecule has 0 saturated carbocycles. The first-order valence-corrected chi connectivity index (χ1v) is 15.4. The molecule has 9 aromatic rings. The maximum Gasteiger partial charge on any atom is 0.142 e. The van der Waals surface area contributed by atoms with Crippen LogP contribution in [0.1, 0.15) is 5.56 Å². The van der Waals surface area contributed by atoms with Crippen molar-refractivity contribution in [2.75, 3.05) is 0 Å². The second kappa shape index (κ2) is 10.2. The average molecular weight is 589 g/mol. The van der Waals surface area contributed by atoms with Crippen LogP contribution in [0.3, 0.4) is 0 Å². The number of pyridine rings is 1. The van der Waals surface area contributed by atoms with Gasteiger partial charge < -0.3 is 8.98 Å². The standard InChI is InChI=1S/C43H28N2O/c1-3-33(43-27(2)34-12-5-7-16-40(34)46-43)29-19-17-28(18-20-29)32-23-24-38-36(26-32)35-13-4-6-14-37(35)45(38)39-15-8-10-30-21-22-31-11-9-25-44-42(31)41(30)39/h3-26H,1-2H2/b43-33-. The van der Waals surface area contributed by atoms with Crippen LogP contribution >= 0.6 is 0 Å². The van der Waals surface area contributed by atoms with Crippen LogP contribution in [-0.2, 0) is 0 Å². The maximum atomic E-state index is 6.22. The predicted octanol–water partition coefficient (Wildman–Crippen LogP) is 9.69. The number of allylic oxidation sites excluding steroid dienone is 1. The minimum absolute atomic E-state index is 0.759. The summed E-state index contributed by atoms with van der Waals surface area (Å²) in [7, 11) is 0. The van der Waals surface area contributed by atoms with Crippen molar-refractivity contribution in [3.63, 3.8) is 0 Å². The minimum Gasteiger partial charge on any atom is -0.455 e. The molecule has 0 radical (unpaired) electrons. The lowest BCUT2D eigenvalue weighted by Crippen LogP contribution is -2.21. The van der Waals surface area contributed by atoms with Crippen molar-refractivity contribution in [3.05, 3.63) is 169 Å². The quantitative estimate of drug-likeness (QED) is 0.192. The van der Waals surface area contributed by atoms with Gasteiger partial charge in [-0.15, -0.1) is 0 Å². The molecule has 0 aliphatic heterocycles. The predicted molar refractivity (Wildman–Crippen MR) is 193 cm³/mol. The fourth-order valence-electron chi connectivity index (χ4n) is 6.99. The van der Waals surface area contributed by atoms with Crippen molar-refractivity contribution >= 4 is 66.6 Å². The third-order valence-electron chi connectivity index (χ3n) is 9.18. The van der Waals surface area contributed by atoms with Gasteiger partial charge in [0, 0.05) is 43.9 Å². The number of furan rings is 1. The van der Waals surface area contributed by atoms with Crippen LogP contribution in [-0.4, -0.2) is 9.55 Å². The topological polar surface area (TPSA) is 31.0 Å². The number of fused-ring (bicyclic) bond motifs is 7. The lowest BCUT2D eigenvalue weighted by atomic mass is 9.98. The Morgan fingerprint density at radius 3 is 2.24 bits per heavy atom. The van der Waals surface area contributed by atoms with Gasteiger partial charge >= 0.3 is 0 Å². The number of hydrogen-bond acceptors (Lipinski definition) is 2. The minimum atomic E-state index is 0.759. The monoisotopic (exact) mass is 588 g/mol. The van der Waals surface area contributed by atoms with Gasteiger partial charge in [0.1, 0.15) is 11.0 Å². The van der Waals surface area contributed by atoms with E-state index in [1.54, 1.807) is 0 Å². The van der Waals surface area contributed by atoms with E-state index in [1.165, 1.54) is 21.7 Å². The van der Waals surface area contributed by atoms with Crippen molar-refractivity contribution < 1.29 is 4.42 Å². The largest absolute Gasteiger partial charge is 0.455 e. The van der Waals surface area contributed by atoms with Crippen LogP contribution < -0.4 is 10.6 Å². The fourth-order valence-corrected chi connectivity index (χ4v) is 6.99. The highest BCUT2D eigenvalue weighted by Gasteiger charge is 2.17. The Balaban J connectivity index is 1.21. The first-order valence-electron chi connectivity index (χ1n) is 15.4. The fraction of sp³-hybridized carbons (Fsp3) is 0. The molecule has 0 fully saturated rings. The van der Waals surface area contributed by atoms with Crippen LogP contribution in [0.15, 0.2) is 157 Å². The Bertz CT molecular complexity index is 2780. The average Bonchev–Trinajstić information content (AvgIpc) is 3.62. The van der Waals surface area contributed by atoms with E-state index in [-0.39, 0.29) is 0 Å². The molecule has 3 aromatic heterocycles. The number of para-hydroxylation sites is 2. The van der Waals surface area contributed by atoms with E-state index >= 15 is 0 Å². The molecule has 0 spiro atoms. The van der Waals surface area contributed by atoms with Gasteiger partial charge in [-0.1, -0.05) is 116 Å². The first kappa shape index (κ1) is 26.2. The first-order chi connectivity index (χ1) is 22.7. The van der Waals surface area contributed by atoms with Gasteiger partial charge in [0.2, 0.25) is 0 Å². The van der Waals surface area contributed by atoms with Gasteiger partial charge in [-0.05, 0) is 58.5 Å². The van der Waals surface area contributed by atoms with Gasteiger partial charge in [-0.3, -0.25) is 4.98 Å². The Hall–Kier alpha value is -6.19. The molecule has 0 bridgehead atoms. The van der Waals surface area contributed by atoms with E-state index in [2.05, 4.69) is 121 Å². The highest BCUT2D eigenvalue weighted by molar-refractivity contribution is 6.15. The maximum absolute atomic E-state index is 6.22. The van der Waals surface area contributed by atoms with Gasteiger partial charge in [0.15, 0.2) is 0 Å². The zero-order valence-electron chi connectivity index (χ0n) is 25.1. The summed E-state index contributed by atoms with van der Waals surface area (Å²) in [6.07, 6.45) is 3.74. The lowest BCUT2D eigenvalue weighted by molar-refractivity contribution is 0.573. The Morgan fingerprint density at radius 2 is 1.39 bits per heavy atom. The van der Waals surface area contributed by atoms with E-state index in [0.717, 1.165) is 71.4 Å². The Kier molecular flexibility index (Phi) is 5.81. The van der Waals surface area contributed by atoms with Gasteiger partial charge in [0.25, 0.3) is 0 Å². The third kappa shape index (κ3) is 3.89. The third-order valence-corrected chi connectivity index (χ3v) is 9.18. The Labute approximate surface area is 265 Å². The number of hydrogen-bond donors (Lipinski definition) is 0. The van der Waals surface area contributed by atoms with E-state index in [1.807, 2.05) is 42.6 Å². The summed E-state index contributed by atoms with van der Waals surface area (Å²) in [5, 5.41) is 7.81. The molecule has 0 amide bonds. The van der Waals surface area contributed by atoms with Crippen molar-refractivity contribution in [3.8, 4) is 16.8 Å².